The number of benzene rings is 2. The molecule has 1 aromatic heterocycles. The number of rotatable bonds is 6. The predicted molar refractivity (Wildman–Crippen MR) is 111 cm³/mol. The number of nitrogens with one attached hydrogen (secondary N) is 2. The number of nitrogens with two attached hydrogens (primary N) is 1. The Morgan fingerprint density at radius 3 is 2.32 bits per heavy atom. The van der Waals surface area contributed by atoms with Crippen LogP contribution in [0.4, 0.5) is 28.7 Å². The molecule has 0 bridgehead atoms. The molecule has 0 radical (unpaired) electrons. The van der Waals surface area contributed by atoms with E-state index in [2.05, 4.69) is 27.5 Å². The molecular formula is C21H23N5O2. The number of esters is 1. The number of nitrogen functional groups attached to an aromatic ring is 1. The third-order valence-electron chi connectivity index (χ3n) is 4.29. The van der Waals surface area contributed by atoms with Crippen LogP contribution in [0.2, 0.25) is 0 Å². The van der Waals surface area contributed by atoms with Gasteiger partial charge < -0.3 is 21.1 Å². The molecule has 0 atom stereocenters. The van der Waals surface area contributed by atoms with Crippen molar-refractivity contribution in [3.05, 3.63) is 65.5 Å². The van der Waals surface area contributed by atoms with Gasteiger partial charge in [0.2, 0.25) is 0 Å². The number of carbonyl (C=O) groups excluding carboxylic acids is 1. The minimum Gasteiger partial charge on any atom is -0.462 e. The molecule has 144 valence electrons. The fourth-order valence-electron chi connectivity index (χ4n) is 2.63. The van der Waals surface area contributed by atoms with Crippen LogP contribution in [-0.4, -0.2) is 22.5 Å². The van der Waals surface area contributed by atoms with Gasteiger partial charge >= 0.3 is 5.97 Å². The highest BCUT2D eigenvalue weighted by Crippen LogP contribution is 2.29. The maximum atomic E-state index is 11.9. The van der Waals surface area contributed by atoms with Gasteiger partial charge in [0.1, 0.15) is 12.0 Å². The monoisotopic (exact) mass is 377 g/mol. The molecule has 0 unspecified atom stereocenters. The summed E-state index contributed by atoms with van der Waals surface area (Å²) in [5.41, 5.74) is 11.0. The number of aromatic nitrogens is 2. The van der Waals surface area contributed by atoms with Gasteiger partial charge in [0.05, 0.1) is 12.2 Å². The second-order valence-electron chi connectivity index (χ2n) is 6.33. The number of carbonyl (C=O) groups is 1. The predicted octanol–water partition coefficient (Wildman–Crippen LogP) is 4.34. The third-order valence-corrected chi connectivity index (χ3v) is 4.29. The first-order valence-electron chi connectivity index (χ1n) is 8.97. The van der Waals surface area contributed by atoms with Crippen molar-refractivity contribution >= 4 is 34.7 Å². The SMILES string of the molecule is CCOC(=O)c1cccc(Nc2ncnc(Nc3ccc(C)c(C)c3)c2N)c1. The van der Waals surface area contributed by atoms with Gasteiger partial charge in [-0.15, -0.1) is 0 Å². The van der Waals surface area contributed by atoms with Gasteiger partial charge in [-0.2, -0.15) is 0 Å². The number of anilines is 5. The van der Waals surface area contributed by atoms with Crippen LogP contribution in [-0.2, 0) is 4.74 Å². The topological polar surface area (TPSA) is 102 Å². The summed E-state index contributed by atoms with van der Waals surface area (Å²) < 4.78 is 5.03. The van der Waals surface area contributed by atoms with E-state index in [1.54, 1.807) is 25.1 Å². The number of ether oxygens (including phenoxy) is 1. The normalized spacial score (nSPS) is 10.4. The molecule has 3 aromatic rings. The van der Waals surface area contributed by atoms with Crippen molar-refractivity contribution in [1.29, 1.82) is 0 Å². The Kier molecular flexibility index (Phi) is 5.74. The van der Waals surface area contributed by atoms with Crippen LogP contribution >= 0.6 is 0 Å². The van der Waals surface area contributed by atoms with Crippen molar-refractivity contribution < 1.29 is 9.53 Å². The molecule has 1 heterocycles. The molecule has 0 fully saturated rings. The molecule has 0 amide bonds. The van der Waals surface area contributed by atoms with Crippen LogP contribution in [0.5, 0.6) is 0 Å². The molecule has 0 saturated carbocycles. The quantitative estimate of drug-likeness (QED) is 0.549. The molecule has 0 spiro atoms. The summed E-state index contributed by atoms with van der Waals surface area (Å²) in [7, 11) is 0. The molecule has 4 N–H and O–H groups in total. The molecule has 0 aliphatic carbocycles. The van der Waals surface area contributed by atoms with E-state index in [-0.39, 0.29) is 5.97 Å². The van der Waals surface area contributed by atoms with Gasteiger partial charge in [-0.3, -0.25) is 0 Å². The zero-order valence-electron chi connectivity index (χ0n) is 16.1. The number of hydrogen-bond donors (Lipinski definition) is 3. The second-order valence-corrected chi connectivity index (χ2v) is 6.33. The van der Waals surface area contributed by atoms with Crippen LogP contribution in [0.15, 0.2) is 48.8 Å². The van der Waals surface area contributed by atoms with Crippen LogP contribution in [0, 0.1) is 13.8 Å². The molecule has 0 saturated heterocycles. The summed E-state index contributed by atoms with van der Waals surface area (Å²) in [4.78, 5) is 20.4. The zero-order chi connectivity index (χ0) is 20.1. The first-order chi connectivity index (χ1) is 13.5. The molecule has 28 heavy (non-hydrogen) atoms. The van der Waals surface area contributed by atoms with Gasteiger partial charge in [0.15, 0.2) is 11.6 Å². The standard InChI is InChI=1S/C21H23N5O2/c1-4-28-21(27)15-6-5-7-16(11-15)25-19-18(22)20(24-12-23-19)26-17-9-8-13(2)14(3)10-17/h5-12H,4,22H2,1-3H3,(H2,23,24,25,26). The third kappa shape index (κ3) is 4.37. The van der Waals surface area contributed by atoms with Crippen molar-refractivity contribution in [3.8, 4) is 0 Å². The minimum atomic E-state index is -0.376. The largest absolute Gasteiger partial charge is 0.462 e. The van der Waals surface area contributed by atoms with E-state index in [4.69, 9.17) is 10.5 Å². The maximum absolute atomic E-state index is 11.9. The Morgan fingerprint density at radius 1 is 1.00 bits per heavy atom. The molecule has 2 aromatic carbocycles. The summed E-state index contributed by atoms with van der Waals surface area (Å²) in [6.07, 6.45) is 1.43. The van der Waals surface area contributed by atoms with Gasteiger partial charge in [-0.25, -0.2) is 14.8 Å². The van der Waals surface area contributed by atoms with E-state index >= 15 is 0 Å². The van der Waals surface area contributed by atoms with E-state index in [9.17, 15) is 4.79 Å². The van der Waals surface area contributed by atoms with Gasteiger partial charge in [0, 0.05) is 11.4 Å². The highest BCUT2D eigenvalue weighted by atomic mass is 16.5. The average Bonchev–Trinajstić information content (AvgIpc) is 2.68. The Bertz CT molecular complexity index is 1000. The van der Waals surface area contributed by atoms with Gasteiger partial charge in [0.25, 0.3) is 0 Å². The maximum Gasteiger partial charge on any atom is 0.338 e. The zero-order valence-corrected chi connectivity index (χ0v) is 16.1. The van der Waals surface area contributed by atoms with Crippen molar-refractivity contribution in [2.75, 3.05) is 23.0 Å². The van der Waals surface area contributed by atoms with Crippen LogP contribution in [0.3, 0.4) is 0 Å². The summed E-state index contributed by atoms with van der Waals surface area (Å²) >= 11 is 0. The molecule has 0 aliphatic heterocycles. The lowest BCUT2D eigenvalue weighted by Gasteiger charge is -2.13. The number of hydrogen-bond acceptors (Lipinski definition) is 7. The first-order valence-corrected chi connectivity index (χ1v) is 8.97. The van der Waals surface area contributed by atoms with Crippen molar-refractivity contribution in [2.45, 2.75) is 20.8 Å². The number of nitrogens with zero attached hydrogens (tertiary/aromatic N) is 2. The number of aryl methyl sites for hydroxylation is 2. The van der Waals surface area contributed by atoms with Gasteiger partial charge in [-0.05, 0) is 62.2 Å². The molecule has 7 heteroatoms. The molecule has 3 rings (SSSR count). The summed E-state index contributed by atoms with van der Waals surface area (Å²) in [5, 5.41) is 6.35. The molecular weight excluding hydrogens is 354 g/mol. The minimum absolute atomic E-state index is 0.322. The summed E-state index contributed by atoms with van der Waals surface area (Å²) in [6.45, 7) is 6.20. The van der Waals surface area contributed by atoms with Gasteiger partial charge in [-0.1, -0.05) is 12.1 Å². The summed E-state index contributed by atoms with van der Waals surface area (Å²) in [5.74, 6) is 0.573. The molecule has 0 aliphatic rings. The lowest BCUT2D eigenvalue weighted by molar-refractivity contribution is 0.0526. The van der Waals surface area contributed by atoms with E-state index in [1.165, 1.54) is 17.5 Å². The van der Waals surface area contributed by atoms with E-state index in [1.807, 2.05) is 31.2 Å². The Labute approximate surface area is 164 Å². The van der Waals surface area contributed by atoms with Crippen LogP contribution in [0.25, 0.3) is 0 Å². The molecule has 7 nitrogen and oxygen atoms in total. The smallest absolute Gasteiger partial charge is 0.338 e. The fraction of sp³-hybridized carbons (Fsp3) is 0.190. The highest BCUT2D eigenvalue weighted by Gasteiger charge is 2.11. The van der Waals surface area contributed by atoms with E-state index in [0.717, 1.165) is 5.69 Å². The highest BCUT2D eigenvalue weighted by molar-refractivity contribution is 5.91. The second kappa shape index (κ2) is 8.39. The Morgan fingerprint density at radius 2 is 1.68 bits per heavy atom. The van der Waals surface area contributed by atoms with Crippen molar-refractivity contribution in [2.24, 2.45) is 0 Å². The van der Waals surface area contributed by atoms with Crippen molar-refractivity contribution in [3.63, 3.8) is 0 Å². The average molecular weight is 377 g/mol. The van der Waals surface area contributed by atoms with Crippen LogP contribution in [0.1, 0.15) is 28.4 Å². The van der Waals surface area contributed by atoms with E-state index in [0.29, 0.717) is 35.2 Å². The van der Waals surface area contributed by atoms with E-state index < -0.39 is 0 Å². The lowest BCUT2D eigenvalue weighted by Crippen LogP contribution is -2.07. The lowest BCUT2D eigenvalue weighted by atomic mass is 10.1. The Balaban J connectivity index is 1.82. The van der Waals surface area contributed by atoms with Crippen LogP contribution < -0.4 is 16.4 Å². The fourth-order valence-corrected chi connectivity index (χ4v) is 2.63. The summed E-state index contributed by atoms with van der Waals surface area (Å²) in [6, 6.07) is 13.0. The van der Waals surface area contributed by atoms with Crippen molar-refractivity contribution in [1.82, 2.24) is 9.97 Å². The first kappa shape index (κ1) is 19.2. The Hall–Kier alpha value is -3.61.